The molecular formula is C25H30N2O5. The average molecular weight is 439 g/mol. The van der Waals surface area contributed by atoms with Crippen molar-refractivity contribution < 1.29 is 24.2 Å². The number of ether oxygens (including phenoxy) is 1. The fourth-order valence-corrected chi connectivity index (χ4v) is 4.09. The van der Waals surface area contributed by atoms with Gasteiger partial charge in [0.1, 0.15) is 17.7 Å². The summed E-state index contributed by atoms with van der Waals surface area (Å²) >= 11 is 0. The monoisotopic (exact) mass is 438 g/mol. The van der Waals surface area contributed by atoms with Gasteiger partial charge in [-0.15, -0.1) is 0 Å². The van der Waals surface area contributed by atoms with Crippen LogP contribution in [-0.2, 0) is 14.3 Å². The van der Waals surface area contributed by atoms with Gasteiger partial charge < -0.3 is 20.5 Å². The van der Waals surface area contributed by atoms with E-state index < -0.39 is 29.0 Å². The Labute approximate surface area is 188 Å². The van der Waals surface area contributed by atoms with Gasteiger partial charge in [-0.1, -0.05) is 62.4 Å². The molecular weight excluding hydrogens is 408 g/mol. The molecule has 0 bridgehead atoms. The van der Waals surface area contributed by atoms with Crippen molar-refractivity contribution in [2.75, 3.05) is 6.61 Å². The van der Waals surface area contributed by atoms with Crippen molar-refractivity contribution in [3.8, 4) is 11.1 Å². The number of carbonyl (C=O) groups excluding carboxylic acids is 2. The molecule has 1 aliphatic rings. The Morgan fingerprint density at radius 3 is 1.88 bits per heavy atom. The number of fused-ring (bicyclic) bond motifs is 3. The fraction of sp³-hybridized carbons (Fsp3) is 0.400. The zero-order valence-electron chi connectivity index (χ0n) is 18.9. The highest BCUT2D eigenvalue weighted by atomic mass is 16.5. The van der Waals surface area contributed by atoms with Gasteiger partial charge in [-0.2, -0.15) is 0 Å². The van der Waals surface area contributed by atoms with Crippen molar-refractivity contribution in [2.45, 2.75) is 57.5 Å². The number of carboxylic acid groups (broad SMARTS) is 1. The third-order valence-corrected chi connectivity index (χ3v) is 6.29. The number of nitrogens with one attached hydrogen (secondary N) is 2. The van der Waals surface area contributed by atoms with Gasteiger partial charge in [0.15, 0.2) is 0 Å². The quantitative estimate of drug-likeness (QED) is 0.576. The first-order valence-electron chi connectivity index (χ1n) is 10.8. The van der Waals surface area contributed by atoms with Gasteiger partial charge in [-0.25, -0.2) is 9.59 Å². The predicted octanol–water partition coefficient (Wildman–Crippen LogP) is 4.06. The second kappa shape index (κ2) is 9.02. The third kappa shape index (κ3) is 4.33. The van der Waals surface area contributed by atoms with Crippen molar-refractivity contribution >= 4 is 18.0 Å². The Morgan fingerprint density at radius 1 is 0.906 bits per heavy atom. The molecule has 2 aromatic carbocycles. The Balaban J connectivity index is 1.73. The molecule has 7 heteroatoms. The van der Waals surface area contributed by atoms with Crippen LogP contribution in [0.2, 0.25) is 0 Å². The number of aliphatic carboxylic acids is 1. The number of alkyl carbamates (subject to hydrolysis) is 1. The molecule has 0 saturated carbocycles. The molecule has 0 aliphatic heterocycles. The van der Waals surface area contributed by atoms with E-state index in [4.69, 9.17) is 4.74 Å². The lowest BCUT2D eigenvalue weighted by molar-refractivity contribution is -0.147. The third-order valence-electron chi connectivity index (χ3n) is 6.29. The summed E-state index contributed by atoms with van der Waals surface area (Å²) in [5.41, 5.74) is 1.72. The Bertz CT molecular complexity index is 981. The van der Waals surface area contributed by atoms with Crippen LogP contribution in [0.15, 0.2) is 48.5 Å². The molecule has 0 radical (unpaired) electrons. The van der Waals surface area contributed by atoms with Crippen LogP contribution in [-0.4, -0.2) is 40.8 Å². The van der Waals surface area contributed by atoms with E-state index in [1.54, 1.807) is 13.8 Å². The van der Waals surface area contributed by atoms with E-state index in [1.807, 2.05) is 36.4 Å². The maximum atomic E-state index is 12.9. The van der Waals surface area contributed by atoms with Crippen LogP contribution in [0.25, 0.3) is 11.1 Å². The summed E-state index contributed by atoms with van der Waals surface area (Å²) in [6.45, 7) is 6.46. The molecule has 7 nitrogen and oxygen atoms in total. The standard InChI is InChI=1S/C25H30N2O5/c1-5-25(6-2,21(28)26-24(3,4)22(29)30)27-23(31)32-15-20-18-13-9-7-11-16(18)17-12-8-10-14-19(17)20/h7-14,20H,5-6,15H2,1-4H3,(H,26,28)(H,27,31)(H,29,30). The summed E-state index contributed by atoms with van der Waals surface area (Å²) in [5.74, 6) is -1.80. The van der Waals surface area contributed by atoms with Crippen LogP contribution in [0.4, 0.5) is 4.79 Å². The van der Waals surface area contributed by atoms with E-state index in [0.29, 0.717) is 0 Å². The van der Waals surface area contributed by atoms with Crippen molar-refractivity contribution in [3.63, 3.8) is 0 Å². The van der Waals surface area contributed by atoms with Crippen molar-refractivity contribution in [3.05, 3.63) is 59.7 Å². The molecule has 0 fully saturated rings. The normalized spacial score (nSPS) is 13.1. The molecule has 0 unspecified atom stereocenters. The van der Waals surface area contributed by atoms with E-state index in [9.17, 15) is 19.5 Å². The largest absolute Gasteiger partial charge is 0.480 e. The highest BCUT2D eigenvalue weighted by molar-refractivity contribution is 5.94. The molecule has 0 heterocycles. The molecule has 2 amide bonds. The van der Waals surface area contributed by atoms with Crippen molar-refractivity contribution in [1.82, 2.24) is 10.6 Å². The number of carbonyl (C=O) groups is 3. The van der Waals surface area contributed by atoms with Gasteiger partial charge in [0.25, 0.3) is 0 Å². The lowest BCUT2D eigenvalue weighted by Gasteiger charge is -2.34. The number of amides is 2. The van der Waals surface area contributed by atoms with Gasteiger partial charge in [0.2, 0.25) is 5.91 Å². The Morgan fingerprint density at radius 2 is 1.41 bits per heavy atom. The molecule has 32 heavy (non-hydrogen) atoms. The maximum absolute atomic E-state index is 12.9. The SMILES string of the molecule is CCC(CC)(NC(=O)OCC1c2ccccc2-c2ccccc21)C(=O)NC(C)(C)C(=O)O. The minimum absolute atomic E-state index is 0.0921. The predicted molar refractivity (Wildman–Crippen MR) is 121 cm³/mol. The number of benzene rings is 2. The molecule has 2 aromatic rings. The van der Waals surface area contributed by atoms with Gasteiger partial charge in [-0.05, 0) is 48.9 Å². The fourth-order valence-electron chi connectivity index (χ4n) is 4.09. The van der Waals surface area contributed by atoms with Gasteiger partial charge in [0.05, 0.1) is 0 Å². The summed E-state index contributed by atoms with van der Waals surface area (Å²) in [4.78, 5) is 37.1. The lowest BCUT2D eigenvalue weighted by atomic mass is 9.90. The first kappa shape index (κ1) is 23.3. The molecule has 3 N–H and O–H groups in total. The summed E-state index contributed by atoms with van der Waals surface area (Å²) in [6.07, 6.45) is -0.136. The zero-order chi connectivity index (χ0) is 23.5. The first-order chi connectivity index (χ1) is 15.1. The van der Waals surface area contributed by atoms with E-state index in [2.05, 4.69) is 22.8 Å². The van der Waals surface area contributed by atoms with E-state index in [1.165, 1.54) is 13.8 Å². The second-order valence-corrected chi connectivity index (χ2v) is 8.62. The number of hydrogen-bond acceptors (Lipinski definition) is 4. The summed E-state index contributed by atoms with van der Waals surface area (Å²) in [6, 6.07) is 16.1. The van der Waals surface area contributed by atoms with Crippen LogP contribution < -0.4 is 10.6 Å². The van der Waals surface area contributed by atoms with Crippen molar-refractivity contribution in [2.24, 2.45) is 0 Å². The topological polar surface area (TPSA) is 105 Å². The van der Waals surface area contributed by atoms with Crippen molar-refractivity contribution in [1.29, 1.82) is 0 Å². The summed E-state index contributed by atoms with van der Waals surface area (Å²) in [5, 5.41) is 14.5. The van der Waals surface area contributed by atoms with Gasteiger partial charge in [-0.3, -0.25) is 4.79 Å². The van der Waals surface area contributed by atoms with E-state index in [-0.39, 0.29) is 25.4 Å². The van der Waals surface area contributed by atoms with Crippen LogP contribution in [0.1, 0.15) is 57.6 Å². The van der Waals surface area contributed by atoms with Gasteiger partial charge in [0, 0.05) is 5.92 Å². The second-order valence-electron chi connectivity index (χ2n) is 8.62. The smallest absolute Gasteiger partial charge is 0.408 e. The number of hydrogen-bond donors (Lipinski definition) is 3. The lowest BCUT2D eigenvalue weighted by Crippen LogP contribution is -2.63. The Hall–Kier alpha value is -3.35. The summed E-state index contributed by atoms with van der Waals surface area (Å²) < 4.78 is 5.58. The average Bonchev–Trinajstić information content (AvgIpc) is 3.09. The van der Waals surface area contributed by atoms with Crippen LogP contribution in [0.3, 0.4) is 0 Å². The molecule has 0 atom stereocenters. The van der Waals surface area contributed by atoms with Crippen LogP contribution in [0, 0.1) is 0 Å². The van der Waals surface area contributed by atoms with Crippen LogP contribution >= 0.6 is 0 Å². The molecule has 0 saturated heterocycles. The number of rotatable bonds is 8. The zero-order valence-corrected chi connectivity index (χ0v) is 18.9. The minimum Gasteiger partial charge on any atom is -0.480 e. The number of carboxylic acids is 1. The van der Waals surface area contributed by atoms with E-state index in [0.717, 1.165) is 22.3 Å². The summed E-state index contributed by atoms with van der Waals surface area (Å²) in [7, 11) is 0. The highest BCUT2D eigenvalue weighted by Gasteiger charge is 2.41. The molecule has 1 aliphatic carbocycles. The van der Waals surface area contributed by atoms with E-state index >= 15 is 0 Å². The molecule has 0 spiro atoms. The molecule has 0 aromatic heterocycles. The van der Waals surface area contributed by atoms with Crippen LogP contribution in [0.5, 0.6) is 0 Å². The Kier molecular flexibility index (Phi) is 6.57. The maximum Gasteiger partial charge on any atom is 0.408 e. The highest BCUT2D eigenvalue weighted by Crippen LogP contribution is 2.44. The molecule has 3 rings (SSSR count). The first-order valence-corrected chi connectivity index (χ1v) is 10.8. The van der Waals surface area contributed by atoms with Gasteiger partial charge >= 0.3 is 12.1 Å². The molecule has 170 valence electrons. The minimum atomic E-state index is -1.46.